The molecule has 9 heteroatoms. The fourth-order valence-corrected chi connectivity index (χ4v) is 3.72. The van der Waals surface area contributed by atoms with Gasteiger partial charge in [0.1, 0.15) is 11.3 Å². The highest BCUT2D eigenvalue weighted by Gasteiger charge is 2.31. The Labute approximate surface area is 178 Å². The highest BCUT2D eigenvalue weighted by atomic mass is 16.5. The minimum atomic E-state index is -0.652. The molecule has 0 radical (unpaired) electrons. The van der Waals surface area contributed by atoms with Crippen molar-refractivity contribution in [1.29, 1.82) is 0 Å². The maximum absolute atomic E-state index is 13.0. The monoisotopic (exact) mass is 426 g/mol. The quantitative estimate of drug-likeness (QED) is 0.492. The molecule has 1 aromatic carbocycles. The lowest BCUT2D eigenvalue weighted by atomic mass is 10.2. The standard InChI is InChI=1S/C22H22N4O5/c1-30-16-13-24-20(31-2)18-17(16)15(12-23-18)19(27)22(29)26-10-8-25(9-11-26)21(28)14-6-4-3-5-7-14/h3-7,12-13,23H,8-11H2,1-2H3/i19+2,22+2. The van der Waals surface area contributed by atoms with Gasteiger partial charge < -0.3 is 24.3 Å². The highest BCUT2D eigenvalue weighted by molar-refractivity contribution is 6.45. The summed E-state index contributed by atoms with van der Waals surface area (Å²) in [5, 5.41) is 0.450. The van der Waals surface area contributed by atoms with Crippen LogP contribution in [0.1, 0.15) is 20.7 Å². The van der Waals surface area contributed by atoms with E-state index < -0.39 is 11.7 Å². The summed E-state index contributed by atoms with van der Waals surface area (Å²) in [6, 6.07) is 9.00. The first-order valence-corrected chi connectivity index (χ1v) is 9.81. The number of rotatable bonds is 5. The van der Waals surface area contributed by atoms with Gasteiger partial charge in [-0.1, -0.05) is 18.2 Å². The number of hydrogen-bond acceptors (Lipinski definition) is 6. The van der Waals surface area contributed by atoms with E-state index in [-0.39, 0.29) is 24.6 Å². The minimum absolute atomic E-state index is 0.0833. The van der Waals surface area contributed by atoms with Crippen molar-refractivity contribution in [3.05, 3.63) is 53.9 Å². The predicted molar refractivity (Wildman–Crippen MR) is 112 cm³/mol. The highest BCUT2D eigenvalue weighted by Crippen LogP contribution is 2.33. The van der Waals surface area contributed by atoms with Crippen molar-refractivity contribution >= 4 is 28.5 Å². The van der Waals surface area contributed by atoms with Crippen LogP contribution in [0.4, 0.5) is 0 Å². The van der Waals surface area contributed by atoms with Crippen LogP contribution in [0.15, 0.2) is 42.7 Å². The Kier molecular flexibility index (Phi) is 5.57. The number of methoxy groups -OCH3 is 2. The van der Waals surface area contributed by atoms with Crippen molar-refractivity contribution in [3.8, 4) is 11.6 Å². The fourth-order valence-electron chi connectivity index (χ4n) is 3.72. The molecule has 1 saturated heterocycles. The molecule has 1 fully saturated rings. The molecule has 1 N–H and O–H groups in total. The number of nitrogens with zero attached hydrogens (tertiary/aromatic N) is 3. The van der Waals surface area contributed by atoms with Gasteiger partial charge in [-0.25, -0.2) is 4.98 Å². The number of ketones is 1. The Morgan fingerprint density at radius 3 is 2.42 bits per heavy atom. The Morgan fingerprint density at radius 2 is 1.77 bits per heavy atom. The Morgan fingerprint density at radius 1 is 1.06 bits per heavy atom. The van der Waals surface area contributed by atoms with Crippen molar-refractivity contribution in [1.82, 2.24) is 19.8 Å². The summed E-state index contributed by atoms with van der Waals surface area (Å²) in [4.78, 5) is 48.8. The van der Waals surface area contributed by atoms with Gasteiger partial charge in [0.15, 0.2) is 0 Å². The summed E-state index contributed by atoms with van der Waals surface area (Å²) in [5.74, 6) is -0.687. The zero-order chi connectivity index (χ0) is 22.0. The van der Waals surface area contributed by atoms with Crippen LogP contribution in [0.25, 0.3) is 10.9 Å². The number of H-pyrrole nitrogens is 1. The molecule has 2 aromatic heterocycles. The van der Waals surface area contributed by atoms with Crippen LogP contribution in [0.5, 0.6) is 11.6 Å². The summed E-state index contributed by atoms with van der Waals surface area (Å²) in [7, 11) is 2.94. The van der Waals surface area contributed by atoms with Gasteiger partial charge in [0.2, 0.25) is 5.88 Å². The van der Waals surface area contributed by atoms with E-state index in [1.54, 1.807) is 17.0 Å². The summed E-state index contributed by atoms with van der Waals surface area (Å²) in [6.07, 6.45) is 2.91. The van der Waals surface area contributed by atoms with Gasteiger partial charge in [0, 0.05) is 37.9 Å². The fraction of sp³-hybridized carbons (Fsp3) is 0.273. The number of aromatic amines is 1. The van der Waals surface area contributed by atoms with Crippen molar-refractivity contribution in [2.75, 3.05) is 40.4 Å². The summed E-state index contributed by atoms with van der Waals surface area (Å²) >= 11 is 0. The third-order valence-corrected chi connectivity index (χ3v) is 5.37. The topological polar surface area (TPSA) is 105 Å². The predicted octanol–water partition coefficient (Wildman–Crippen LogP) is 1.75. The van der Waals surface area contributed by atoms with E-state index in [1.807, 2.05) is 18.2 Å². The molecular weight excluding hydrogens is 404 g/mol. The van der Waals surface area contributed by atoms with E-state index >= 15 is 0 Å². The molecule has 3 heterocycles. The molecule has 3 aromatic rings. The maximum Gasteiger partial charge on any atom is 0.295 e. The number of benzene rings is 1. The molecule has 0 unspecified atom stereocenters. The van der Waals surface area contributed by atoms with Crippen molar-refractivity contribution < 1.29 is 23.9 Å². The Balaban J connectivity index is 1.50. The SMILES string of the molecule is COc1ncc(OC)c2c([14C](=O)[14C](=O)N3CCN(C(=O)c4ccccc4)CC3)c[nH]c12. The second-order valence-electron chi connectivity index (χ2n) is 7.07. The molecule has 0 saturated carbocycles. The number of piperazine rings is 1. The molecule has 160 valence electrons. The average Bonchev–Trinajstić information content (AvgIpc) is 3.28. The Hall–Kier alpha value is -3.88. The molecule has 2 amide bonds. The number of fused-ring (bicyclic) bond motifs is 1. The summed E-state index contributed by atoms with van der Waals surface area (Å²) < 4.78 is 10.5. The number of aromatic nitrogens is 2. The lowest BCUT2D eigenvalue weighted by Crippen LogP contribution is -2.52. The number of pyridine rings is 1. The lowest BCUT2D eigenvalue weighted by Gasteiger charge is -2.34. The third-order valence-electron chi connectivity index (χ3n) is 5.37. The molecule has 1 aliphatic heterocycles. The molecule has 9 nitrogen and oxygen atoms in total. The number of carbonyl (C=O) groups excluding carboxylic acids is 3. The number of carbonyl (C=O) groups is 3. The number of nitrogens with one attached hydrogen (secondary N) is 1. The van der Waals surface area contributed by atoms with E-state index in [0.717, 1.165) is 0 Å². The number of ether oxygens (including phenoxy) is 2. The van der Waals surface area contributed by atoms with E-state index in [4.69, 9.17) is 9.47 Å². The second-order valence-corrected chi connectivity index (χ2v) is 7.07. The molecule has 0 bridgehead atoms. The van der Waals surface area contributed by atoms with Crippen molar-refractivity contribution in [2.45, 2.75) is 0 Å². The van der Waals surface area contributed by atoms with Gasteiger partial charge in [-0.2, -0.15) is 0 Å². The van der Waals surface area contributed by atoms with E-state index in [0.29, 0.717) is 41.2 Å². The molecular formula is C22H22N4O5. The normalized spacial score (nSPS) is 13.9. The summed E-state index contributed by atoms with van der Waals surface area (Å²) in [5.41, 5.74) is 1.28. The first-order valence-electron chi connectivity index (χ1n) is 9.81. The molecule has 1 aliphatic rings. The van der Waals surface area contributed by atoms with Gasteiger partial charge in [-0.05, 0) is 12.1 Å². The van der Waals surface area contributed by atoms with Crippen LogP contribution in [0, 0.1) is 0 Å². The van der Waals surface area contributed by atoms with Gasteiger partial charge in [-0.15, -0.1) is 0 Å². The van der Waals surface area contributed by atoms with Crippen LogP contribution in [-0.2, 0) is 4.79 Å². The first kappa shape index (κ1) is 20.4. The largest absolute Gasteiger partial charge is 0.494 e. The molecule has 0 aliphatic carbocycles. The second kappa shape index (κ2) is 8.47. The number of amides is 2. The minimum Gasteiger partial charge on any atom is -0.494 e. The molecule has 0 atom stereocenters. The van der Waals surface area contributed by atoms with Crippen molar-refractivity contribution in [2.24, 2.45) is 0 Å². The van der Waals surface area contributed by atoms with Crippen molar-refractivity contribution in [3.63, 3.8) is 0 Å². The van der Waals surface area contributed by atoms with Crippen LogP contribution in [0.2, 0.25) is 0 Å². The molecule has 4 rings (SSSR count). The van der Waals surface area contributed by atoms with Gasteiger partial charge >= 0.3 is 0 Å². The van der Waals surface area contributed by atoms with Gasteiger partial charge in [0.05, 0.1) is 31.4 Å². The van der Waals surface area contributed by atoms with Crippen LogP contribution in [-0.4, -0.2) is 77.8 Å². The van der Waals surface area contributed by atoms with E-state index in [1.165, 1.54) is 31.5 Å². The first-order chi connectivity index (χ1) is 15.0. The van der Waals surface area contributed by atoms with E-state index in [9.17, 15) is 14.4 Å². The average molecular weight is 426 g/mol. The smallest absolute Gasteiger partial charge is 0.295 e. The molecule has 0 spiro atoms. The van der Waals surface area contributed by atoms with E-state index in [2.05, 4.69) is 9.97 Å². The van der Waals surface area contributed by atoms with Gasteiger partial charge in [0.25, 0.3) is 17.6 Å². The maximum atomic E-state index is 13.0. The Bertz CT molecular complexity index is 1130. The van der Waals surface area contributed by atoms with Gasteiger partial charge in [-0.3, -0.25) is 14.4 Å². The summed E-state index contributed by atoms with van der Waals surface area (Å²) in [6.45, 7) is 1.30. The number of Topliss-reactive ketones (excluding diaryl/α,β-unsaturated/α-hetero) is 1. The zero-order valence-electron chi connectivity index (χ0n) is 17.3. The number of hydrogen-bond donors (Lipinski definition) is 1. The third kappa shape index (κ3) is 3.70. The van der Waals surface area contributed by atoms with Crippen LogP contribution >= 0.6 is 0 Å². The molecule has 31 heavy (non-hydrogen) atoms. The van der Waals surface area contributed by atoms with Crippen LogP contribution < -0.4 is 9.47 Å². The lowest BCUT2D eigenvalue weighted by molar-refractivity contribution is -0.127. The van der Waals surface area contributed by atoms with Crippen LogP contribution in [0.3, 0.4) is 0 Å². The zero-order valence-corrected chi connectivity index (χ0v) is 17.3.